The van der Waals surface area contributed by atoms with Crippen molar-refractivity contribution in [2.24, 2.45) is 4.99 Å². The number of aliphatic imine (C=N–C) groups is 1. The van der Waals surface area contributed by atoms with Gasteiger partial charge in [0.15, 0.2) is 5.76 Å². The van der Waals surface area contributed by atoms with Crippen LogP contribution < -0.4 is 9.47 Å². The molecule has 0 aliphatic carbocycles. The van der Waals surface area contributed by atoms with E-state index in [-0.39, 0.29) is 17.7 Å². The van der Waals surface area contributed by atoms with Crippen molar-refractivity contribution < 1.29 is 23.8 Å². The van der Waals surface area contributed by atoms with Crippen LogP contribution in [0.5, 0.6) is 11.5 Å². The van der Waals surface area contributed by atoms with E-state index in [9.17, 15) is 9.59 Å². The Hall–Kier alpha value is -4.39. The van der Waals surface area contributed by atoms with Gasteiger partial charge in [0, 0.05) is 12.1 Å². The van der Waals surface area contributed by atoms with Crippen LogP contribution in [0.2, 0.25) is 0 Å². The largest absolute Gasteiger partial charge is 0.497 e. The summed E-state index contributed by atoms with van der Waals surface area (Å²) >= 11 is 0. The number of nitrogens with zero attached hydrogens (tertiary/aromatic N) is 2. The molecule has 0 spiro atoms. The van der Waals surface area contributed by atoms with Crippen LogP contribution in [-0.4, -0.2) is 43.4 Å². The summed E-state index contributed by atoms with van der Waals surface area (Å²) in [4.78, 5) is 30.5. The van der Waals surface area contributed by atoms with Gasteiger partial charge in [-0.2, -0.15) is 4.99 Å². The number of amides is 1. The molecule has 1 saturated heterocycles. The molecule has 184 valence electrons. The molecule has 1 aliphatic rings. The molecule has 3 aromatic carbocycles. The van der Waals surface area contributed by atoms with E-state index in [1.807, 2.05) is 55.5 Å². The van der Waals surface area contributed by atoms with E-state index in [0.29, 0.717) is 30.8 Å². The van der Waals surface area contributed by atoms with Crippen molar-refractivity contribution in [2.45, 2.75) is 19.8 Å². The number of ether oxygens (including phenoxy) is 3. The van der Waals surface area contributed by atoms with Crippen LogP contribution in [0.1, 0.15) is 34.8 Å². The van der Waals surface area contributed by atoms with E-state index in [0.717, 1.165) is 35.3 Å². The summed E-state index contributed by atoms with van der Waals surface area (Å²) < 4.78 is 16.6. The Morgan fingerprint density at radius 2 is 1.72 bits per heavy atom. The molecule has 1 fully saturated rings. The van der Waals surface area contributed by atoms with Crippen molar-refractivity contribution in [1.82, 2.24) is 4.90 Å². The number of hydrogen-bond acceptors (Lipinski definition) is 6. The molecule has 0 saturated carbocycles. The molecular formula is C29H28N2O5. The van der Waals surface area contributed by atoms with Gasteiger partial charge >= 0.3 is 6.02 Å². The van der Waals surface area contributed by atoms with Crippen LogP contribution in [0.25, 0.3) is 6.08 Å². The second kappa shape index (κ2) is 11.8. The minimum Gasteiger partial charge on any atom is -0.497 e. The molecule has 0 N–H and O–H groups in total. The van der Waals surface area contributed by atoms with Crippen molar-refractivity contribution >= 4 is 30.0 Å². The highest BCUT2D eigenvalue weighted by Gasteiger charge is 2.34. The lowest BCUT2D eigenvalue weighted by atomic mass is 10.1. The Morgan fingerprint density at radius 3 is 2.42 bits per heavy atom. The summed E-state index contributed by atoms with van der Waals surface area (Å²) in [6.07, 6.45) is 3.94. The Balaban J connectivity index is 1.54. The van der Waals surface area contributed by atoms with E-state index in [1.165, 1.54) is 4.90 Å². The number of aldehydes is 1. The lowest BCUT2D eigenvalue weighted by Crippen LogP contribution is -2.31. The van der Waals surface area contributed by atoms with Crippen molar-refractivity contribution in [3.63, 3.8) is 0 Å². The molecule has 0 bridgehead atoms. The molecule has 0 aromatic heterocycles. The first-order chi connectivity index (χ1) is 17.6. The standard InChI is InChI=1S/C29H28N2O5/c1-3-35-26-15-9-21(10-16-26)7-5-17-31-28(33)27(19-22-11-13-25(34-2)14-12-22)36-29(31)30-24-8-4-6-23(18-24)20-32/h4,6,8-16,18-20H,3,5,7,17H2,1-2H3/b27-19+,30-29?. The molecule has 7 nitrogen and oxygen atoms in total. The molecule has 36 heavy (non-hydrogen) atoms. The van der Waals surface area contributed by atoms with Gasteiger partial charge in [0.2, 0.25) is 0 Å². The van der Waals surface area contributed by atoms with E-state index in [1.54, 1.807) is 37.5 Å². The Bertz CT molecular complexity index is 1260. The van der Waals surface area contributed by atoms with E-state index < -0.39 is 0 Å². The third-order valence-electron chi connectivity index (χ3n) is 5.61. The predicted molar refractivity (Wildman–Crippen MR) is 139 cm³/mol. The van der Waals surface area contributed by atoms with Gasteiger partial charge in [0.1, 0.15) is 17.8 Å². The molecule has 3 aromatic rings. The average molecular weight is 485 g/mol. The van der Waals surface area contributed by atoms with Crippen molar-refractivity contribution in [1.29, 1.82) is 0 Å². The monoisotopic (exact) mass is 484 g/mol. The number of carbonyl (C=O) groups is 2. The van der Waals surface area contributed by atoms with Crippen molar-refractivity contribution in [2.75, 3.05) is 20.3 Å². The maximum absolute atomic E-state index is 13.3. The van der Waals surface area contributed by atoms with Crippen molar-refractivity contribution in [3.8, 4) is 11.5 Å². The summed E-state index contributed by atoms with van der Waals surface area (Å²) in [5, 5.41) is 0. The zero-order chi connectivity index (χ0) is 25.3. The first-order valence-corrected chi connectivity index (χ1v) is 11.8. The van der Waals surface area contributed by atoms with E-state index in [2.05, 4.69) is 4.99 Å². The number of methoxy groups -OCH3 is 1. The smallest absolute Gasteiger partial charge is 0.305 e. The second-order valence-electron chi connectivity index (χ2n) is 8.13. The van der Waals surface area contributed by atoms with E-state index in [4.69, 9.17) is 14.2 Å². The van der Waals surface area contributed by atoms with Crippen molar-refractivity contribution in [3.05, 3.63) is 95.2 Å². The van der Waals surface area contributed by atoms with Gasteiger partial charge in [-0.05, 0) is 73.4 Å². The van der Waals surface area contributed by atoms with Gasteiger partial charge in [0.25, 0.3) is 5.91 Å². The quantitative estimate of drug-likeness (QED) is 0.283. The molecule has 7 heteroatoms. The fourth-order valence-corrected chi connectivity index (χ4v) is 3.78. The summed E-state index contributed by atoms with van der Waals surface area (Å²) in [7, 11) is 1.60. The van der Waals surface area contributed by atoms with Gasteiger partial charge < -0.3 is 14.2 Å². The Labute approximate surface area is 210 Å². The van der Waals surface area contributed by atoms with Gasteiger partial charge in [0.05, 0.1) is 19.4 Å². The Kier molecular flexibility index (Phi) is 8.13. The Morgan fingerprint density at radius 1 is 0.972 bits per heavy atom. The second-order valence-corrected chi connectivity index (χ2v) is 8.13. The summed E-state index contributed by atoms with van der Waals surface area (Å²) in [5.41, 5.74) is 2.98. The number of rotatable bonds is 10. The SMILES string of the molecule is CCOc1ccc(CCCN2C(=O)/C(=C\c3ccc(OC)cc3)OC2=Nc2cccc(C=O)c2)cc1. The minimum atomic E-state index is -0.261. The zero-order valence-corrected chi connectivity index (χ0v) is 20.3. The maximum atomic E-state index is 13.3. The molecule has 1 heterocycles. The number of aryl methyl sites for hydroxylation is 1. The highest BCUT2D eigenvalue weighted by atomic mass is 16.5. The first-order valence-electron chi connectivity index (χ1n) is 11.8. The topological polar surface area (TPSA) is 77.4 Å². The minimum absolute atomic E-state index is 0.187. The summed E-state index contributed by atoms with van der Waals surface area (Å²) in [5.74, 6) is 1.49. The number of benzene rings is 3. The average Bonchev–Trinajstić information content (AvgIpc) is 3.19. The van der Waals surface area contributed by atoms with Gasteiger partial charge in [-0.15, -0.1) is 0 Å². The van der Waals surface area contributed by atoms with Crippen LogP contribution in [0, 0.1) is 0 Å². The molecule has 0 radical (unpaired) electrons. The number of carbonyl (C=O) groups excluding carboxylic acids is 2. The molecular weight excluding hydrogens is 456 g/mol. The maximum Gasteiger partial charge on any atom is 0.305 e. The molecule has 0 atom stereocenters. The molecule has 4 rings (SSSR count). The predicted octanol–water partition coefficient (Wildman–Crippen LogP) is 5.43. The summed E-state index contributed by atoms with van der Waals surface area (Å²) in [6, 6.07) is 22.3. The van der Waals surface area contributed by atoms with Crippen LogP contribution in [0.4, 0.5) is 5.69 Å². The normalized spacial score (nSPS) is 15.3. The third kappa shape index (κ3) is 6.18. The molecule has 0 unspecified atom stereocenters. The van der Waals surface area contributed by atoms with Gasteiger partial charge in [-0.1, -0.05) is 36.4 Å². The van der Waals surface area contributed by atoms with Crippen LogP contribution >= 0.6 is 0 Å². The first kappa shape index (κ1) is 24.7. The number of amidine groups is 1. The molecule has 1 amide bonds. The third-order valence-corrected chi connectivity index (χ3v) is 5.61. The zero-order valence-electron chi connectivity index (χ0n) is 20.3. The van der Waals surface area contributed by atoms with E-state index >= 15 is 0 Å². The van der Waals surface area contributed by atoms with Gasteiger partial charge in [-0.3, -0.25) is 14.5 Å². The fourth-order valence-electron chi connectivity index (χ4n) is 3.78. The van der Waals surface area contributed by atoms with Crippen LogP contribution in [0.3, 0.4) is 0 Å². The highest BCUT2D eigenvalue weighted by Crippen LogP contribution is 2.25. The fraction of sp³-hybridized carbons (Fsp3) is 0.207. The van der Waals surface area contributed by atoms with Crippen LogP contribution in [-0.2, 0) is 16.0 Å². The van der Waals surface area contributed by atoms with Gasteiger partial charge in [-0.25, -0.2) is 0 Å². The lowest BCUT2D eigenvalue weighted by Gasteiger charge is -2.13. The molecule has 1 aliphatic heterocycles. The number of hydrogen-bond donors (Lipinski definition) is 0. The van der Waals surface area contributed by atoms with Crippen LogP contribution in [0.15, 0.2) is 83.5 Å². The highest BCUT2D eigenvalue weighted by molar-refractivity contribution is 6.11. The lowest BCUT2D eigenvalue weighted by molar-refractivity contribution is -0.122. The summed E-state index contributed by atoms with van der Waals surface area (Å²) in [6.45, 7) is 3.01.